The van der Waals surface area contributed by atoms with Gasteiger partial charge in [0.2, 0.25) is 5.76 Å². The number of amides is 2. The lowest BCUT2D eigenvalue weighted by Gasteiger charge is -2.26. The van der Waals surface area contributed by atoms with E-state index in [1.165, 1.54) is 0 Å². The number of carbonyl (C=O) groups is 2. The molecular weight excluding hydrogens is 462 g/mol. The summed E-state index contributed by atoms with van der Waals surface area (Å²) in [6.07, 6.45) is 0. The lowest BCUT2D eigenvalue weighted by molar-refractivity contribution is 0.0285. The van der Waals surface area contributed by atoms with Gasteiger partial charge in [0.25, 0.3) is 11.8 Å². The summed E-state index contributed by atoms with van der Waals surface area (Å²) < 4.78 is 11.3. The molecule has 2 aromatic carbocycles. The topological polar surface area (TPSA) is 84.7 Å². The molecule has 4 heterocycles. The molecule has 0 unspecified atom stereocenters. The summed E-state index contributed by atoms with van der Waals surface area (Å²) in [5, 5.41) is 6.39. The number of carbonyl (C=O) groups excluding carboxylic acids is 2. The van der Waals surface area contributed by atoms with Crippen LogP contribution in [0.1, 0.15) is 20.9 Å². The molecule has 2 amide bonds. The molecule has 6 rings (SSSR count). The fourth-order valence-electron chi connectivity index (χ4n) is 4.32. The zero-order valence-electron chi connectivity index (χ0n) is 18.7. The van der Waals surface area contributed by atoms with Crippen LogP contribution in [0.15, 0.2) is 76.5 Å². The number of anilines is 1. The van der Waals surface area contributed by atoms with E-state index in [9.17, 15) is 9.59 Å². The molecule has 0 aliphatic carbocycles. The summed E-state index contributed by atoms with van der Waals surface area (Å²) in [6.45, 7) is 1.90. The van der Waals surface area contributed by atoms with E-state index in [-0.39, 0.29) is 17.6 Å². The van der Waals surface area contributed by atoms with Gasteiger partial charge >= 0.3 is 0 Å². The lowest BCUT2D eigenvalue weighted by atomic mass is 10.1. The molecule has 35 heavy (non-hydrogen) atoms. The Morgan fingerprint density at radius 2 is 1.71 bits per heavy atom. The highest BCUT2D eigenvalue weighted by molar-refractivity contribution is 7.13. The molecule has 1 aliphatic rings. The van der Waals surface area contributed by atoms with Gasteiger partial charge in [0.1, 0.15) is 11.3 Å². The molecule has 0 radical (unpaired) electrons. The zero-order valence-corrected chi connectivity index (χ0v) is 19.5. The first-order valence-electron chi connectivity index (χ1n) is 11.3. The summed E-state index contributed by atoms with van der Waals surface area (Å²) in [7, 11) is 0. The summed E-state index contributed by atoms with van der Waals surface area (Å²) in [5.74, 6) is -0.471. The van der Waals surface area contributed by atoms with Crippen LogP contribution in [0.3, 0.4) is 0 Å². The number of benzene rings is 2. The fourth-order valence-corrected chi connectivity index (χ4v) is 5.01. The van der Waals surface area contributed by atoms with Crippen molar-refractivity contribution in [3.05, 3.63) is 83.4 Å². The third-order valence-corrected chi connectivity index (χ3v) is 6.95. The molecule has 3 aromatic heterocycles. The second kappa shape index (κ2) is 8.98. The predicted molar refractivity (Wildman–Crippen MR) is 136 cm³/mol. The van der Waals surface area contributed by atoms with Crippen molar-refractivity contribution in [1.29, 1.82) is 0 Å². The fraction of sp³-hybridized carbons (Fsp3) is 0.148. The Labute approximate surface area is 204 Å². The number of morpholine rings is 1. The third-order valence-electron chi connectivity index (χ3n) is 6.06. The van der Waals surface area contributed by atoms with Gasteiger partial charge in [-0.05, 0) is 35.7 Å². The van der Waals surface area contributed by atoms with Crippen LogP contribution >= 0.6 is 11.3 Å². The van der Waals surface area contributed by atoms with Crippen molar-refractivity contribution in [2.24, 2.45) is 0 Å². The highest BCUT2D eigenvalue weighted by atomic mass is 32.1. The van der Waals surface area contributed by atoms with Crippen molar-refractivity contribution in [1.82, 2.24) is 9.88 Å². The first-order chi connectivity index (χ1) is 17.2. The van der Waals surface area contributed by atoms with E-state index >= 15 is 0 Å². The maximum absolute atomic E-state index is 13.7. The van der Waals surface area contributed by atoms with Gasteiger partial charge < -0.3 is 19.4 Å². The Bertz CT molecular complexity index is 1550. The number of nitrogens with one attached hydrogen (secondary N) is 1. The standard InChI is InChI=1S/C27H21N3O4S/c31-26(19-16-21(23-10-5-15-35-23)28-20-8-3-1-6-17(19)20)29-24-18-7-2-4-9-22(18)34-25(24)27(32)30-11-13-33-14-12-30/h1-10,15-16H,11-14H2,(H,29,31). The number of thiophene rings is 1. The van der Waals surface area contributed by atoms with Crippen molar-refractivity contribution in [3.63, 3.8) is 0 Å². The lowest BCUT2D eigenvalue weighted by Crippen LogP contribution is -2.40. The van der Waals surface area contributed by atoms with Gasteiger partial charge in [-0.15, -0.1) is 11.3 Å². The molecule has 1 N–H and O–H groups in total. The van der Waals surface area contributed by atoms with Crippen LogP contribution < -0.4 is 5.32 Å². The van der Waals surface area contributed by atoms with Gasteiger partial charge in [-0.25, -0.2) is 4.98 Å². The summed E-state index contributed by atoms with van der Waals surface area (Å²) in [6, 6.07) is 20.6. The maximum atomic E-state index is 13.7. The van der Waals surface area contributed by atoms with Crippen LogP contribution in [-0.2, 0) is 4.74 Å². The molecule has 1 fully saturated rings. The van der Waals surface area contributed by atoms with Crippen molar-refractivity contribution >= 4 is 50.7 Å². The number of nitrogens with zero attached hydrogens (tertiary/aromatic N) is 2. The molecule has 1 aliphatic heterocycles. The number of hydrogen-bond acceptors (Lipinski definition) is 6. The van der Waals surface area contributed by atoms with Gasteiger partial charge in [-0.3, -0.25) is 9.59 Å². The van der Waals surface area contributed by atoms with Crippen LogP contribution in [0.25, 0.3) is 32.4 Å². The minimum Gasteiger partial charge on any atom is -0.449 e. The Morgan fingerprint density at radius 1 is 0.943 bits per heavy atom. The Balaban J connectivity index is 1.44. The molecule has 0 atom stereocenters. The molecule has 0 saturated carbocycles. The van der Waals surface area contributed by atoms with Crippen LogP contribution in [-0.4, -0.2) is 48.0 Å². The van der Waals surface area contributed by atoms with E-state index in [0.29, 0.717) is 48.5 Å². The normalized spacial score (nSPS) is 13.9. The van der Waals surface area contributed by atoms with Crippen LogP contribution in [0.4, 0.5) is 5.69 Å². The molecule has 0 spiro atoms. The molecular formula is C27H21N3O4S. The second-order valence-corrected chi connectivity index (χ2v) is 9.16. The van der Waals surface area contributed by atoms with Crippen molar-refractivity contribution < 1.29 is 18.7 Å². The van der Waals surface area contributed by atoms with Gasteiger partial charge in [-0.1, -0.05) is 36.4 Å². The molecule has 7 nitrogen and oxygen atoms in total. The zero-order chi connectivity index (χ0) is 23.8. The molecule has 174 valence electrons. The van der Waals surface area contributed by atoms with E-state index in [2.05, 4.69) is 5.32 Å². The van der Waals surface area contributed by atoms with Gasteiger partial charge in [0.15, 0.2) is 0 Å². The van der Waals surface area contributed by atoms with Crippen molar-refractivity contribution in [2.45, 2.75) is 0 Å². The minimum absolute atomic E-state index is 0.123. The average molecular weight is 484 g/mol. The van der Waals surface area contributed by atoms with E-state index in [1.54, 1.807) is 28.4 Å². The number of pyridine rings is 1. The molecule has 1 saturated heterocycles. The summed E-state index contributed by atoms with van der Waals surface area (Å²) in [5.41, 5.74) is 2.85. The van der Waals surface area contributed by atoms with E-state index in [1.807, 2.05) is 60.0 Å². The largest absolute Gasteiger partial charge is 0.449 e. The summed E-state index contributed by atoms with van der Waals surface area (Å²) >= 11 is 1.56. The minimum atomic E-state index is -0.330. The Morgan fingerprint density at radius 3 is 2.51 bits per heavy atom. The van der Waals surface area contributed by atoms with Crippen LogP contribution in [0, 0.1) is 0 Å². The second-order valence-electron chi connectivity index (χ2n) is 8.21. The Hall–Kier alpha value is -4.01. The van der Waals surface area contributed by atoms with Crippen molar-refractivity contribution in [2.75, 3.05) is 31.6 Å². The van der Waals surface area contributed by atoms with Crippen molar-refractivity contribution in [3.8, 4) is 10.6 Å². The Kier molecular flexibility index (Phi) is 5.52. The van der Waals surface area contributed by atoms with Gasteiger partial charge in [-0.2, -0.15) is 0 Å². The number of rotatable bonds is 4. The smallest absolute Gasteiger partial charge is 0.291 e. The first kappa shape index (κ1) is 21.5. The number of fused-ring (bicyclic) bond motifs is 2. The van der Waals surface area contributed by atoms with Crippen LogP contribution in [0.5, 0.6) is 0 Å². The van der Waals surface area contributed by atoms with E-state index in [0.717, 1.165) is 21.5 Å². The highest BCUT2D eigenvalue weighted by Gasteiger charge is 2.28. The number of hydrogen-bond donors (Lipinski definition) is 1. The maximum Gasteiger partial charge on any atom is 0.291 e. The predicted octanol–water partition coefficient (Wildman–Crippen LogP) is 5.43. The van der Waals surface area contributed by atoms with Gasteiger partial charge in [0, 0.05) is 23.9 Å². The first-order valence-corrected chi connectivity index (χ1v) is 12.2. The molecule has 5 aromatic rings. The summed E-state index contributed by atoms with van der Waals surface area (Å²) in [4.78, 5) is 34.5. The third kappa shape index (κ3) is 3.96. The average Bonchev–Trinajstić information content (AvgIpc) is 3.57. The number of furan rings is 1. The number of ether oxygens (including phenoxy) is 1. The van der Waals surface area contributed by atoms with Crippen LogP contribution in [0.2, 0.25) is 0 Å². The monoisotopic (exact) mass is 483 g/mol. The SMILES string of the molecule is O=C(Nc1c(C(=O)N2CCOCC2)oc2ccccc12)c1cc(-c2cccs2)nc2ccccc12. The quantitative estimate of drug-likeness (QED) is 0.368. The number of aromatic nitrogens is 1. The molecule has 8 heteroatoms. The van der Waals surface area contributed by atoms with Gasteiger partial charge in [0.05, 0.1) is 34.9 Å². The number of para-hydroxylation sites is 2. The van der Waals surface area contributed by atoms with E-state index < -0.39 is 0 Å². The molecule has 0 bridgehead atoms. The highest BCUT2D eigenvalue weighted by Crippen LogP contribution is 2.34. The van der Waals surface area contributed by atoms with E-state index in [4.69, 9.17) is 14.1 Å².